The van der Waals surface area contributed by atoms with Gasteiger partial charge in [-0.15, -0.1) is 5.10 Å². The maximum absolute atomic E-state index is 14.4. The lowest BCUT2D eigenvalue weighted by Crippen LogP contribution is -2.30. The minimum absolute atomic E-state index is 0.0557. The second-order valence-electron chi connectivity index (χ2n) is 5.41. The predicted octanol–water partition coefficient (Wildman–Crippen LogP) is 3.50. The van der Waals surface area contributed by atoms with Crippen LogP contribution >= 0.6 is 15.9 Å². The molecule has 1 atom stereocenters. The molecule has 0 spiro atoms. The summed E-state index contributed by atoms with van der Waals surface area (Å²) in [6.45, 7) is 0. The zero-order chi connectivity index (χ0) is 20.3. The summed E-state index contributed by atoms with van der Waals surface area (Å²) in [7, 11) is 2.44. The van der Waals surface area contributed by atoms with Crippen LogP contribution in [0.1, 0.15) is 0 Å². The number of esters is 1. The number of nitrogens with zero attached hydrogens (tertiary/aromatic N) is 3. The Morgan fingerprint density at radius 3 is 2.54 bits per heavy atom. The quantitative estimate of drug-likeness (QED) is 0.323. The fourth-order valence-electron chi connectivity index (χ4n) is 2.41. The van der Waals surface area contributed by atoms with Crippen molar-refractivity contribution in [2.75, 3.05) is 14.2 Å². The number of pyridine rings is 1. The first-order valence-electron chi connectivity index (χ1n) is 7.89. The second kappa shape index (κ2) is 8.44. The highest BCUT2D eigenvalue weighted by atomic mass is 79.9. The van der Waals surface area contributed by atoms with Crippen molar-refractivity contribution in [3.8, 4) is 22.8 Å². The van der Waals surface area contributed by atoms with Crippen LogP contribution in [0.4, 0.5) is 8.78 Å². The van der Waals surface area contributed by atoms with Gasteiger partial charge in [0.1, 0.15) is 16.0 Å². The van der Waals surface area contributed by atoms with Gasteiger partial charge < -0.3 is 14.2 Å². The zero-order valence-electron chi connectivity index (χ0n) is 14.7. The molecule has 146 valence electrons. The maximum Gasteiger partial charge on any atom is 0.376 e. The average molecular weight is 454 g/mol. The van der Waals surface area contributed by atoms with Crippen LogP contribution in [0, 0.1) is 11.8 Å². The highest BCUT2D eigenvalue weighted by molar-refractivity contribution is 9.10. The van der Waals surface area contributed by atoms with E-state index in [0.717, 1.165) is 6.07 Å². The van der Waals surface area contributed by atoms with Gasteiger partial charge in [-0.05, 0) is 40.2 Å². The Hall–Kier alpha value is -2.85. The molecule has 2 aromatic heterocycles. The molecule has 0 amide bonds. The van der Waals surface area contributed by atoms with Gasteiger partial charge in [-0.2, -0.15) is 4.39 Å². The van der Waals surface area contributed by atoms with Gasteiger partial charge in [0.05, 0.1) is 12.8 Å². The van der Waals surface area contributed by atoms with E-state index in [1.165, 1.54) is 49.4 Å². The van der Waals surface area contributed by atoms with Crippen molar-refractivity contribution in [3.63, 3.8) is 0 Å². The maximum atomic E-state index is 14.4. The lowest BCUT2D eigenvalue weighted by atomic mass is 10.2. The lowest BCUT2D eigenvalue weighted by molar-refractivity contribution is -0.170. The van der Waals surface area contributed by atoms with Crippen LogP contribution in [0.15, 0.2) is 47.1 Å². The predicted molar refractivity (Wildman–Crippen MR) is 97.9 cm³/mol. The largest absolute Gasteiger partial charge is 0.464 e. The molecular weight excluding hydrogens is 440 g/mol. The molecule has 2 heterocycles. The monoisotopic (exact) mass is 453 g/mol. The van der Waals surface area contributed by atoms with Crippen molar-refractivity contribution in [1.82, 2.24) is 14.8 Å². The average Bonchev–Trinajstić information content (AvgIpc) is 3.02. The van der Waals surface area contributed by atoms with E-state index in [-0.39, 0.29) is 16.0 Å². The summed E-state index contributed by atoms with van der Waals surface area (Å²) in [6.07, 6.45) is -0.115. The summed E-state index contributed by atoms with van der Waals surface area (Å²) in [5.41, 5.74) is 0.891. The topological polar surface area (TPSA) is 75.5 Å². The van der Waals surface area contributed by atoms with E-state index in [1.54, 1.807) is 6.07 Å². The van der Waals surface area contributed by atoms with Crippen molar-refractivity contribution in [3.05, 3.63) is 58.8 Å². The third kappa shape index (κ3) is 3.87. The molecule has 0 N–H and O–H groups in total. The first kappa shape index (κ1) is 19.9. The molecule has 0 aliphatic rings. The van der Waals surface area contributed by atoms with Crippen LogP contribution in [0.3, 0.4) is 0 Å². The van der Waals surface area contributed by atoms with E-state index in [4.69, 9.17) is 9.47 Å². The molecule has 0 saturated carbocycles. The van der Waals surface area contributed by atoms with Crippen LogP contribution in [0.25, 0.3) is 16.9 Å². The fraction of sp³-hybridized carbons (Fsp3) is 0.167. The number of rotatable bonds is 6. The Labute approximate surface area is 167 Å². The van der Waals surface area contributed by atoms with E-state index in [9.17, 15) is 13.6 Å². The third-order valence-electron chi connectivity index (χ3n) is 3.71. The SMILES string of the molecule is COC(=O)C(OC)Oc1nn(-c2ccccc2F)c(-c2ccc(F)nc2)c1Br. The highest BCUT2D eigenvalue weighted by Crippen LogP contribution is 2.38. The molecular formula is C18H14BrF2N3O4. The molecule has 0 radical (unpaired) electrons. The highest BCUT2D eigenvalue weighted by Gasteiger charge is 2.27. The van der Waals surface area contributed by atoms with E-state index in [1.807, 2.05) is 0 Å². The molecule has 0 aliphatic heterocycles. The zero-order valence-corrected chi connectivity index (χ0v) is 16.3. The number of hydrogen-bond donors (Lipinski definition) is 0. The van der Waals surface area contributed by atoms with Crippen molar-refractivity contribution in [2.24, 2.45) is 0 Å². The first-order chi connectivity index (χ1) is 13.5. The standard InChI is InChI=1S/C18H14BrF2N3O4/c1-26-17(25)18(27-2)28-16-14(19)15(10-7-8-13(21)22-9-10)24(23-16)12-6-4-3-5-11(12)20/h3-9,18H,1-2H3. The summed E-state index contributed by atoms with van der Waals surface area (Å²) in [6, 6.07) is 8.56. The minimum Gasteiger partial charge on any atom is -0.464 e. The minimum atomic E-state index is -1.38. The van der Waals surface area contributed by atoms with E-state index in [0.29, 0.717) is 11.3 Å². The second-order valence-corrected chi connectivity index (χ2v) is 6.20. The summed E-state index contributed by atoms with van der Waals surface area (Å²) in [4.78, 5) is 15.4. The number of carbonyl (C=O) groups is 1. The molecule has 28 heavy (non-hydrogen) atoms. The third-order valence-corrected chi connectivity index (χ3v) is 4.42. The Morgan fingerprint density at radius 1 is 1.18 bits per heavy atom. The molecule has 0 aliphatic carbocycles. The van der Waals surface area contributed by atoms with Crippen LogP contribution in [-0.2, 0) is 14.3 Å². The normalized spacial score (nSPS) is 11.9. The van der Waals surface area contributed by atoms with Crippen LogP contribution in [0.5, 0.6) is 5.88 Å². The van der Waals surface area contributed by atoms with Crippen LogP contribution < -0.4 is 4.74 Å². The number of methoxy groups -OCH3 is 2. The smallest absolute Gasteiger partial charge is 0.376 e. The van der Waals surface area contributed by atoms with Gasteiger partial charge in [0.25, 0.3) is 5.88 Å². The Bertz CT molecular complexity index is 995. The van der Waals surface area contributed by atoms with Gasteiger partial charge >= 0.3 is 12.3 Å². The van der Waals surface area contributed by atoms with Gasteiger partial charge in [0.2, 0.25) is 5.95 Å². The number of aromatic nitrogens is 3. The summed E-state index contributed by atoms with van der Waals surface area (Å²) in [5, 5.41) is 4.24. The van der Waals surface area contributed by atoms with Crippen LogP contribution in [0.2, 0.25) is 0 Å². The van der Waals surface area contributed by atoms with Gasteiger partial charge in [-0.1, -0.05) is 12.1 Å². The molecule has 3 aromatic rings. The number of hydrogen-bond acceptors (Lipinski definition) is 6. The van der Waals surface area contributed by atoms with Crippen molar-refractivity contribution < 1.29 is 27.8 Å². The number of halogens is 3. The fourth-order valence-corrected chi connectivity index (χ4v) is 2.98. The van der Waals surface area contributed by atoms with Gasteiger partial charge in [0, 0.05) is 18.9 Å². The Kier molecular flexibility index (Phi) is 6.00. The number of para-hydroxylation sites is 1. The van der Waals surface area contributed by atoms with E-state index < -0.39 is 24.0 Å². The Morgan fingerprint density at radius 2 is 1.93 bits per heavy atom. The van der Waals surface area contributed by atoms with Crippen molar-refractivity contribution in [2.45, 2.75) is 6.29 Å². The number of ether oxygens (including phenoxy) is 3. The number of carbonyl (C=O) groups excluding carboxylic acids is 1. The number of benzene rings is 1. The van der Waals surface area contributed by atoms with E-state index in [2.05, 4.69) is 30.7 Å². The van der Waals surface area contributed by atoms with Crippen molar-refractivity contribution in [1.29, 1.82) is 0 Å². The molecule has 10 heteroatoms. The molecule has 0 saturated heterocycles. The van der Waals surface area contributed by atoms with Gasteiger partial charge in [0.15, 0.2) is 0 Å². The van der Waals surface area contributed by atoms with Crippen molar-refractivity contribution >= 4 is 21.9 Å². The van der Waals surface area contributed by atoms with Crippen LogP contribution in [-0.4, -0.2) is 41.2 Å². The summed E-state index contributed by atoms with van der Waals surface area (Å²) < 4.78 is 44.2. The molecule has 0 fully saturated rings. The molecule has 1 aromatic carbocycles. The molecule has 3 rings (SSSR count). The van der Waals surface area contributed by atoms with E-state index >= 15 is 0 Å². The summed E-state index contributed by atoms with van der Waals surface area (Å²) >= 11 is 3.35. The lowest BCUT2D eigenvalue weighted by Gasteiger charge is -2.13. The first-order valence-corrected chi connectivity index (χ1v) is 8.68. The Balaban J connectivity index is 2.16. The molecule has 1 unspecified atom stereocenters. The van der Waals surface area contributed by atoms with Gasteiger partial charge in [-0.3, -0.25) is 0 Å². The molecule has 0 bridgehead atoms. The van der Waals surface area contributed by atoms with Gasteiger partial charge in [-0.25, -0.2) is 18.9 Å². The summed E-state index contributed by atoms with van der Waals surface area (Å²) in [5.74, 6) is -2.05. The molecule has 7 nitrogen and oxygen atoms in total.